The van der Waals surface area contributed by atoms with Gasteiger partial charge in [0.25, 0.3) is 0 Å². The van der Waals surface area contributed by atoms with Gasteiger partial charge in [0.2, 0.25) is 0 Å². The third kappa shape index (κ3) is 11.2. The molecule has 0 unspecified atom stereocenters. The average Bonchev–Trinajstić information content (AvgIpc) is 2.01. The van der Waals surface area contributed by atoms with E-state index in [2.05, 4.69) is 13.8 Å². The van der Waals surface area contributed by atoms with Crippen molar-refractivity contribution in [1.82, 2.24) is 0 Å². The van der Waals surface area contributed by atoms with Gasteiger partial charge in [-0.25, -0.2) is 0 Å². The van der Waals surface area contributed by atoms with Gasteiger partial charge in [-0.15, -0.1) is 11.8 Å². The molecule has 72 valence electrons. The van der Waals surface area contributed by atoms with Crippen LogP contribution in [-0.4, -0.2) is 33.9 Å². The van der Waals surface area contributed by atoms with E-state index in [0.29, 0.717) is 0 Å². The molecule has 0 saturated heterocycles. The molecule has 0 nitrogen and oxygen atoms in total. The molecule has 12 heavy (non-hydrogen) atoms. The van der Waals surface area contributed by atoms with Gasteiger partial charge in [-0.05, 0) is 25.0 Å². The molecule has 2 radical (unpaired) electrons. The molecule has 0 aromatic carbocycles. The van der Waals surface area contributed by atoms with Crippen molar-refractivity contribution in [2.24, 2.45) is 0 Å². The number of rotatable bonds is 6. The zero-order valence-electron chi connectivity index (χ0n) is 8.27. The molecular formula is C9H20S2Sn. The van der Waals surface area contributed by atoms with Gasteiger partial charge in [-0.2, -0.15) is 0 Å². The van der Waals surface area contributed by atoms with Crippen LogP contribution in [0.4, 0.5) is 0 Å². The zero-order valence-corrected chi connectivity index (χ0v) is 13.9. The van der Waals surface area contributed by atoms with E-state index in [1.165, 1.54) is 35.6 Å². The minimum atomic E-state index is 0. The number of hydrogen-bond acceptors (Lipinski definition) is 2. The van der Waals surface area contributed by atoms with E-state index < -0.39 is 0 Å². The fourth-order valence-electron chi connectivity index (χ4n) is 0.724. The summed E-state index contributed by atoms with van der Waals surface area (Å²) in [6.07, 6.45) is 6.24. The molecule has 0 aromatic rings. The summed E-state index contributed by atoms with van der Waals surface area (Å²) < 4.78 is 1.21. The fourth-order valence-corrected chi connectivity index (χ4v) is 2.07. The van der Waals surface area contributed by atoms with E-state index in [1.54, 1.807) is 0 Å². The number of hydrogen-bond donors (Lipinski definition) is 0. The Morgan fingerprint density at radius 2 is 1.75 bits per heavy atom. The van der Waals surface area contributed by atoms with Crippen LogP contribution in [0.25, 0.3) is 0 Å². The molecule has 0 fully saturated rings. The van der Waals surface area contributed by atoms with Crippen LogP contribution >= 0.6 is 24.0 Å². The first-order valence-electron chi connectivity index (χ1n) is 4.46. The molecule has 0 aliphatic carbocycles. The van der Waals surface area contributed by atoms with Crippen molar-refractivity contribution in [3.8, 4) is 0 Å². The first kappa shape index (κ1) is 15.7. The number of thiocarbonyl (C=S) groups is 1. The predicted octanol–water partition coefficient (Wildman–Crippen LogP) is 3.12. The van der Waals surface area contributed by atoms with Crippen LogP contribution in [0.5, 0.6) is 0 Å². The average molecular weight is 311 g/mol. The molecule has 0 aromatic heterocycles. The molecule has 0 N–H and O–H groups in total. The van der Waals surface area contributed by atoms with Crippen molar-refractivity contribution in [3.63, 3.8) is 0 Å². The molecule has 0 saturated carbocycles. The van der Waals surface area contributed by atoms with E-state index >= 15 is 0 Å². The molecular weight excluding hydrogens is 291 g/mol. The summed E-state index contributed by atoms with van der Waals surface area (Å²) in [6, 6.07) is 0. The second-order valence-electron chi connectivity index (χ2n) is 2.68. The Morgan fingerprint density at radius 1 is 1.17 bits per heavy atom. The van der Waals surface area contributed by atoms with E-state index in [4.69, 9.17) is 12.2 Å². The van der Waals surface area contributed by atoms with Gasteiger partial charge in [0, 0.05) is 4.20 Å². The van der Waals surface area contributed by atoms with Gasteiger partial charge >= 0.3 is 23.9 Å². The summed E-state index contributed by atoms with van der Waals surface area (Å²) in [4.78, 5) is 0. The van der Waals surface area contributed by atoms with Crippen LogP contribution in [0.1, 0.15) is 46.0 Å². The maximum absolute atomic E-state index is 5.20. The van der Waals surface area contributed by atoms with Gasteiger partial charge < -0.3 is 0 Å². The topological polar surface area (TPSA) is 0 Å². The number of thioether (sulfide) groups is 1. The first-order chi connectivity index (χ1) is 5.31. The predicted molar refractivity (Wildman–Crippen MR) is 68.0 cm³/mol. The van der Waals surface area contributed by atoms with Crippen LogP contribution in [0, 0.1) is 0 Å². The van der Waals surface area contributed by atoms with E-state index in [0.717, 1.165) is 6.42 Å². The summed E-state index contributed by atoms with van der Waals surface area (Å²) in [7, 11) is 0. The Hall–Kier alpha value is 1.24. The van der Waals surface area contributed by atoms with E-state index in [-0.39, 0.29) is 23.9 Å². The summed E-state index contributed by atoms with van der Waals surface area (Å²) in [6.45, 7) is 4.43. The quantitative estimate of drug-likeness (QED) is 0.420. The Morgan fingerprint density at radius 3 is 2.25 bits per heavy atom. The molecule has 0 heterocycles. The van der Waals surface area contributed by atoms with Crippen molar-refractivity contribution in [2.75, 3.05) is 5.75 Å². The Kier molecular flexibility index (Phi) is 16.0. The molecule has 0 atom stereocenters. The molecule has 0 spiro atoms. The van der Waals surface area contributed by atoms with Crippen molar-refractivity contribution >= 4 is 52.1 Å². The Bertz CT molecular complexity index is 105. The summed E-state index contributed by atoms with van der Waals surface area (Å²) >= 11 is 7.07. The maximum atomic E-state index is 5.20. The van der Waals surface area contributed by atoms with Crippen LogP contribution < -0.4 is 0 Å². The van der Waals surface area contributed by atoms with E-state index in [9.17, 15) is 0 Å². The fraction of sp³-hybridized carbons (Fsp3) is 0.889. The monoisotopic (exact) mass is 312 g/mol. The summed E-state index contributed by atoms with van der Waals surface area (Å²) in [5.41, 5.74) is 0. The Balaban J connectivity index is 0. The summed E-state index contributed by atoms with van der Waals surface area (Å²) in [5, 5.41) is 0. The van der Waals surface area contributed by atoms with Crippen LogP contribution in [0.2, 0.25) is 0 Å². The number of unbranched alkanes of at least 4 members (excludes halogenated alkanes) is 2. The van der Waals surface area contributed by atoms with Crippen LogP contribution in [0.3, 0.4) is 0 Å². The molecule has 0 aliphatic rings. The second-order valence-corrected chi connectivity index (χ2v) is 4.62. The van der Waals surface area contributed by atoms with Crippen molar-refractivity contribution in [3.05, 3.63) is 0 Å². The first-order valence-corrected chi connectivity index (χ1v) is 5.86. The third-order valence-corrected chi connectivity index (χ3v) is 3.07. The van der Waals surface area contributed by atoms with Gasteiger partial charge in [-0.3, -0.25) is 0 Å². The molecule has 0 aliphatic heterocycles. The van der Waals surface area contributed by atoms with Crippen molar-refractivity contribution in [2.45, 2.75) is 46.0 Å². The second kappa shape index (κ2) is 12.2. The molecule has 0 bridgehead atoms. The van der Waals surface area contributed by atoms with Crippen molar-refractivity contribution < 1.29 is 0 Å². The van der Waals surface area contributed by atoms with Gasteiger partial charge in [0.05, 0.1) is 0 Å². The molecule has 0 rings (SSSR count). The zero-order chi connectivity index (χ0) is 8.53. The van der Waals surface area contributed by atoms with Crippen molar-refractivity contribution in [1.29, 1.82) is 0 Å². The van der Waals surface area contributed by atoms with Crippen LogP contribution in [0.15, 0.2) is 0 Å². The Labute approximate surface area is 103 Å². The van der Waals surface area contributed by atoms with Gasteiger partial charge in [0.1, 0.15) is 0 Å². The normalized spacial score (nSPS) is 9.17. The molecule has 0 amide bonds. The molecule has 3 heteroatoms. The third-order valence-electron chi connectivity index (χ3n) is 1.50. The summed E-state index contributed by atoms with van der Waals surface area (Å²) in [5.74, 6) is 1.22. The van der Waals surface area contributed by atoms with Crippen LogP contribution in [-0.2, 0) is 0 Å². The van der Waals surface area contributed by atoms with E-state index in [1.807, 2.05) is 11.8 Å². The SMILES string of the molecule is CCCCSC(=S)CCCC.[SnH2]. The van der Waals surface area contributed by atoms with Gasteiger partial charge in [-0.1, -0.05) is 38.9 Å². The van der Waals surface area contributed by atoms with Gasteiger partial charge in [0.15, 0.2) is 0 Å². The minimum absolute atomic E-state index is 0. The standard InChI is InChI=1S/C9H18S2.Sn.2H/c1-3-5-7-9(10)11-8-6-4-2;;;/h3-8H2,1-2H3;;;.